The van der Waals surface area contributed by atoms with Crippen LogP contribution in [0.2, 0.25) is 0 Å². The molecule has 1 N–H and O–H groups in total. The highest BCUT2D eigenvalue weighted by atomic mass is 16.5. The molecule has 0 aliphatic heterocycles. The van der Waals surface area contributed by atoms with Crippen molar-refractivity contribution in [2.75, 3.05) is 6.61 Å². The fraction of sp³-hybridized carbons (Fsp3) is 0.250. The van der Waals surface area contributed by atoms with Crippen molar-refractivity contribution in [3.63, 3.8) is 0 Å². The number of hydrogen-bond acceptors (Lipinski definition) is 5. The summed E-state index contributed by atoms with van der Waals surface area (Å²) in [4.78, 5) is 25.2. The molecule has 0 spiro atoms. The molecule has 0 saturated carbocycles. The van der Waals surface area contributed by atoms with Gasteiger partial charge in [-0.3, -0.25) is 14.2 Å². The van der Waals surface area contributed by atoms with Gasteiger partial charge in [-0.2, -0.15) is 0 Å². The molecule has 15 heavy (non-hydrogen) atoms. The predicted octanol–water partition coefficient (Wildman–Crippen LogP) is -0.406. The molecule has 0 aliphatic rings. The van der Waals surface area contributed by atoms with E-state index in [-0.39, 0.29) is 17.9 Å². The molecule has 2 heterocycles. The van der Waals surface area contributed by atoms with E-state index in [1.165, 1.54) is 16.9 Å². The van der Waals surface area contributed by atoms with Crippen LogP contribution in [0.1, 0.15) is 17.3 Å². The second kappa shape index (κ2) is 3.52. The second-order valence-electron chi connectivity index (χ2n) is 2.78. The number of esters is 1. The molecule has 7 heteroatoms. The van der Waals surface area contributed by atoms with Crippen LogP contribution in [0.25, 0.3) is 5.78 Å². The first kappa shape index (κ1) is 9.38. The van der Waals surface area contributed by atoms with Crippen molar-refractivity contribution in [1.29, 1.82) is 0 Å². The van der Waals surface area contributed by atoms with Crippen LogP contribution in [0.15, 0.2) is 17.3 Å². The van der Waals surface area contributed by atoms with Crippen molar-refractivity contribution in [3.05, 3.63) is 28.4 Å². The number of fused-ring (bicyclic) bond motifs is 1. The van der Waals surface area contributed by atoms with Gasteiger partial charge in [-0.1, -0.05) is 0 Å². The van der Waals surface area contributed by atoms with Crippen LogP contribution in [0.5, 0.6) is 0 Å². The summed E-state index contributed by atoms with van der Waals surface area (Å²) < 4.78 is 6.16. The first-order valence-electron chi connectivity index (χ1n) is 4.32. The number of nitrogens with zero attached hydrogens (tertiary/aromatic N) is 3. The first-order valence-corrected chi connectivity index (χ1v) is 4.32. The summed E-state index contributed by atoms with van der Waals surface area (Å²) in [7, 11) is 0. The average molecular weight is 208 g/mol. The van der Waals surface area contributed by atoms with E-state index in [1.54, 1.807) is 6.92 Å². The minimum absolute atomic E-state index is 0.0656. The van der Waals surface area contributed by atoms with Gasteiger partial charge in [0.1, 0.15) is 11.9 Å². The normalized spacial score (nSPS) is 10.5. The highest BCUT2D eigenvalue weighted by Crippen LogP contribution is 1.96. The van der Waals surface area contributed by atoms with Gasteiger partial charge in [-0.05, 0) is 6.92 Å². The Kier molecular flexibility index (Phi) is 2.20. The highest BCUT2D eigenvalue weighted by molar-refractivity contribution is 5.88. The van der Waals surface area contributed by atoms with Gasteiger partial charge in [0.15, 0.2) is 0 Å². The molecular formula is C8H8N4O3. The molecule has 0 radical (unpaired) electrons. The largest absolute Gasteiger partial charge is 0.462 e. The zero-order valence-electron chi connectivity index (χ0n) is 7.93. The van der Waals surface area contributed by atoms with Crippen molar-refractivity contribution in [1.82, 2.24) is 19.6 Å². The maximum Gasteiger partial charge on any atom is 0.345 e. The lowest BCUT2D eigenvalue weighted by Gasteiger charge is -2.00. The Hall–Kier alpha value is -2.18. The number of carbonyl (C=O) groups is 1. The number of nitrogens with one attached hydrogen (secondary N) is 1. The molecule has 0 saturated heterocycles. The molecule has 0 aromatic carbocycles. The van der Waals surface area contributed by atoms with E-state index in [9.17, 15) is 9.59 Å². The van der Waals surface area contributed by atoms with Crippen molar-refractivity contribution in [3.8, 4) is 0 Å². The van der Waals surface area contributed by atoms with Crippen molar-refractivity contribution in [2.24, 2.45) is 0 Å². The third kappa shape index (κ3) is 1.58. The molecule has 2 aromatic heterocycles. The number of aromatic nitrogens is 4. The molecule has 0 fully saturated rings. The lowest BCUT2D eigenvalue weighted by Crippen LogP contribution is -2.21. The molecule has 0 atom stereocenters. The number of hydrogen-bond donors (Lipinski definition) is 1. The van der Waals surface area contributed by atoms with Gasteiger partial charge in [0.2, 0.25) is 5.78 Å². The molecule has 0 unspecified atom stereocenters. The van der Waals surface area contributed by atoms with Crippen LogP contribution in [-0.4, -0.2) is 32.2 Å². The zero-order chi connectivity index (χ0) is 10.8. The predicted molar refractivity (Wildman–Crippen MR) is 49.6 cm³/mol. The zero-order valence-corrected chi connectivity index (χ0v) is 7.93. The Morgan fingerprint density at radius 2 is 2.47 bits per heavy atom. The molecule has 0 aliphatic carbocycles. The van der Waals surface area contributed by atoms with E-state index < -0.39 is 11.5 Å². The third-order valence-corrected chi connectivity index (χ3v) is 1.81. The van der Waals surface area contributed by atoms with Crippen LogP contribution in [0.3, 0.4) is 0 Å². The van der Waals surface area contributed by atoms with Gasteiger partial charge in [0.05, 0.1) is 6.61 Å². The standard InChI is InChI=1S/C8H8N4O3/c1-2-15-7(14)5-3-12-4-9-11-8(12)10-6(5)13/h3-4H,2H2,1H3,(H,10,11,13). The van der Waals surface area contributed by atoms with Gasteiger partial charge < -0.3 is 4.74 Å². The number of aromatic amines is 1. The summed E-state index contributed by atoms with van der Waals surface area (Å²) in [6, 6.07) is 0. The number of H-pyrrole nitrogens is 1. The van der Waals surface area contributed by atoms with Crippen LogP contribution in [0.4, 0.5) is 0 Å². The van der Waals surface area contributed by atoms with E-state index in [2.05, 4.69) is 15.2 Å². The SMILES string of the molecule is CCOC(=O)c1cn2cnnc2[nH]c1=O. The fourth-order valence-corrected chi connectivity index (χ4v) is 1.15. The average Bonchev–Trinajstić information content (AvgIpc) is 2.63. The molecule has 2 aromatic rings. The molecule has 0 amide bonds. The molecule has 78 valence electrons. The van der Waals surface area contributed by atoms with E-state index in [0.717, 1.165) is 0 Å². The Morgan fingerprint density at radius 3 is 3.20 bits per heavy atom. The van der Waals surface area contributed by atoms with Gasteiger partial charge >= 0.3 is 5.97 Å². The first-order chi connectivity index (χ1) is 7.22. The summed E-state index contributed by atoms with van der Waals surface area (Å²) in [6.45, 7) is 1.89. The van der Waals surface area contributed by atoms with Gasteiger partial charge in [0, 0.05) is 6.20 Å². The highest BCUT2D eigenvalue weighted by Gasteiger charge is 2.13. The van der Waals surface area contributed by atoms with Crippen molar-refractivity contribution >= 4 is 11.7 Å². The summed E-state index contributed by atoms with van der Waals surface area (Å²) in [5.74, 6) is -0.373. The van der Waals surface area contributed by atoms with E-state index in [1.807, 2.05) is 0 Å². The van der Waals surface area contributed by atoms with Crippen LogP contribution in [-0.2, 0) is 4.74 Å². The Bertz CT molecular complexity index is 556. The van der Waals surface area contributed by atoms with E-state index in [4.69, 9.17) is 4.74 Å². The van der Waals surface area contributed by atoms with E-state index >= 15 is 0 Å². The number of carbonyl (C=O) groups excluding carboxylic acids is 1. The summed E-state index contributed by atoms with van der Waals surface area (Å²) in [5, 5.41) is 7.21. The molecule has 2 rings (SSSR count). The number of ether oxygens (including phenoxy) is 1. The van der Waals surface area contributed by atoms with Crippen LogP contribution < -0.4 is 5.56 Å². The van der Waals surface area contributed by atoms with Crippen molar-refractivity contribution in [2.45, 2.75) is 6.92 Å². The topological polar surface area (TPSA) is 89.3 Å². The van der Waals surface area contributed by atoms with Crippen LogP contribution in [0, 0.1) is 0 Å². The molecular weight excluding hydrogens is 200 g/mol. The van der Waals surface area contributed by atoms with Gasteiger partial charge in [-0.15, -0.1) is 10.2 Å². The lowest BCUT2D eigenvalue weighted by atomic mass is 10.3. The lowest BCUT2D eigenvalue weighted by molar-refractivity contribution is 0.0523. The fourth-order valence-electron chi connectivity index (χ4n) is 1.15. The minimum atomic E-state index is -0.658. The monoisotopic (exact) mass is 208 g/mol. The Labute approximate surface area is 83.7 Å². The van der Waals surface area contributed by atoms with Crippen molar-refractivity contribution < 1.29 is 9.53 Å². The van der Waals surface area contributed by atoms with Crippen LogP contribution >= 0.6 is 0 Å². The minimum Gasteiger partial charge on any atom is -0.462 e. The summed E-state index contributed by atoms with van der Waals surface area (Å²) in [5.41, 5.74) is -0.599. The van der Waals surface area contributed by atoms with Gasteiger partial charge in [-0.25, -0.2) is 4.79 Å². The number of rotatable bonds is 2. The molecule has 0 bridgehead atoms. The third-order valence-electron chi connectivity index (χ3n) is 1.81. The quantitative estimate of drug-likeness (QED) is 0.678. The van der Waals surface area contributed by atoms with E-state index in [0.29, 0.717) is 0 Å². The second-order valence-corrected chi connectivity index (χ2v) is 2.78. The summed E-state index contributed by atoms with van der Waals surface area (Å²) in [6.07, 6.45) is 2.72. The Balaban J connectivity index is 2.55. The molecule has 7 nitrogen and oxygen atoms in total. The smallest absolute Gasteiger partial charge is 0.345 e. The maximum absolute atomic E-state index is 11.4. The summed E-state index contributed by atoms with van der Waals surface area (Å²) >= 11 is 0. The Morgan fingerprint density at radius 1 is 1.67 bits per heavy atom. The maximum atomic E-state index is 11.4. The van der Waals surface area contributed by atoms with Gasteiger partial charge in [0.25, 0.3) is 5.56 Å².